The number of pyridine rings is 1. The highest BCUT2D eigenvalue weighted by Crippen LogP contribution is 2.23. The zero-order valence-corrected chi connectivity index (χ0v) is 14.4. The summed E-state index contributed by atoms with van der Waals surface area (Å²) in [5, 5.41) is 1.11. The minimum absolute atomic E-state index is 0.0442. The first-order valence-corrected chi connectivity index (χ1v) is 9.18. The van der Waals surface area contributed by atoms with Gasteiger partial charge in [0.2, 0.25) is 0 Å². The quantitative estimate of drug-likeness (QED) is 0.780. The number of piperidine rings is 1. The van der Waals surface area contributed by atoms with Gasteiger partial charge in [-0.05, 0) is 48.9 Å². The van der Waals surface area contributed by atoms with Crippen molar-refractivity contribution in [3.05, 3.63) is 82.1 Å². The molecule has 1 saturated heterocycles. The van der Waals surface area contributed by atoms with Gasteiger partial charge in [-0.25, -0.2) is 0 Å². The van der Waals surface area contributed by atoms with Gasteiger partial charge in [-0.3, -0.25) is 9.69 Å². The van der Waals surface area contributed by atoms with Crippen LogP contribution < -0.4 is 5.56 Å². The molecule has 25 heavy (non-hydrogen) atoms. The lowest BCUT2D eigenvalue weighted by Gasteiger charge is -2.35. The molecule has 1 aromatic heterocycles. The van der Waals surface area contributed by atoms with E-state index in [9.17, 15) is 4.79 Å². The summed E-state index contributed by atoms with van der Waals surface area (Å²) < 4.78 is 0. The molecule has 1 atom stereocenters. The third-order valence-electron chi connectivity index (χ3n) is 5.27. The molecule has 0 amide bonds. The van der Waals surface area contributed by atoms with Crippen LogP contribution in [0.15, 0.2) is 65.5 Å². The fourth-order valence-electron chi connectivity index (χ4n) is 3.91. The minimum atomic E-state index is 0.0442. The molecule has 0 bridgehead atoms. The average Bonchev–Trinajstić information content (AvgIpc) is 2.65. The summed E-state index contributed by atoms with van der Waals surface area (Å²) in [6.45, 7) is 1.81. The largest absolute Gasteiger partial charge is 0.322 e. The first-order valence-electron chi connectivity index (χ1n) is 9.18. The van der Waals surface area contributed by atoms with E-state index in [-0.39, 0.29) is 5.56 Å². The fourth-order valence-corrected chi connectivity index (χ4v) is 3.91. The SMILES string of the molecule is O=c1[nH]c2ccccc2cc1CN1CCCCC1Cc1ccccc1. The van der Waals surface area contributed by atoms with Crippen LogP contribution in [0.1, 0.15) is 30.4 Å². The molecule has 3 heteroatoms. The smallest absolute Gasteiger partial charge is 0.252 e. The van der Waals surface area contributed by atoms with Crippen molar-refractivity contribution in [2.24, 2.45) is 0 Å². The van der Waals surface area contributed by atoms with E-state index < -0.39 is 0 Å². The average molecular weight is 332 g/mol. The molecule has 0 radical (unpaired) electrons. The molecule has 1 fully saturated rings. The van der Waals surface area contributed by atoms with Gasteiger partial charge in [0.25, 0.3) is 5.56 Å². The molecule has 4 rings (SSSR count). The number of likely N-dealkylation sites (tertiary alicyclic amines) is 1. The van der Waals surface area contributed by atoms with Crippen LogP contribution in [0, 0.1) is 0 Å². The van der Waals surface area contributed by atoms with E-state index in [0.29, 0.717) is 6.04 Å². The first-order chi connectivity index (χ1) is 12.3. The van der Waals surface area contributed by atoms with Crippen molar-refractivity contribution in [2.75, 3.05) is 6.54 Å². The van der Waals surface area contributed by atoms with Crippen molar-refractivity contribution in [1.82, 2.24) is 9.88 Å². The first kappa shape index (κ1) is 16.1. The molecule has 1 aliphatic heterocycles. The van der Waals surface area contributed by atoms with Gasteiger partial charge in [-0.15, -0.1) is 0 Å². The lowest BCUT2D eigenvalue weighted by molar-refractivity contribution is 0.138. The lowest BCUT2D eigenvalue weighted by atomic mass is 9.95. The molecule has 2 aromatic carbocycles. The highest BCUT2D eigenvalue weighted by molar-refractivity contribution is 5.78. The van der Waals surface area contributed by atoms with Crippen molar-refractivity contribution in [3.63, 3.8) is 0 Å². The van der Waals surface area contributed by atoms with Crippen LogP contribution in [-0.4, -0.2) is 22.5 Å². The molecule has 2 heterocycles. The number of aromatic amines is 1. The summed E-state index contributed by atoms with van der Waals surface area (Å²) in [4.78, 5) is 18.0. The number of nitrogens with one attached hydrogen (secondary N) is 1. The Morgan fingerprint density at radius 1 is 1.00 bits per heavy atom. The normalized spacial score (nSPS) is 18.5. The number of para-hydroxylation sites is 1. The van der Waals surface area contributed by atoms with Crippen molar-refractivity contribution in [1.29, 1.82) is 0 Å². The van der Waals surface area contributed by atoms with Crippen LogP contribution in [0.4, 0.5) is 0 Å². The Morgan fingerprint density at radius 3 is 2.68 bits per heavy atom. The summed E-state index contributed by atoms with van der Waals surface area (Å²) in [5.41, 5.74) is 3.21. The maximum atomic E-state index is 12.5. The molecule has 128 valence electrons. The van der Waals surface area contributed by atoms with E-state index in [1.807, 2.05) is 18.2 Å². The van der Waals surface area contributed by atoms with Crippen LogP contribution in [0.5, 0.6) is 0 Å². The molecule has 0 saturated carbocycles. The van der Waals surface area contributed by atoms with E-state index in [2.05, 4.69) is 52.3 Å². The summed E-state index contributed by atoms with van der Waals surface area (Å²) in [7, 11) is 0. The minimum Gasteiger partial charge on any atom is -0.322 e. The van der Waals surface area contributed by atoms with E-state index in [4.69, 9.17) is 0 Å². The molecule has 0 spiro atoms. The third kappa shape index (κ3) is 3.67. The standard InChI is InChI=1S/C22H24N2O/c25-22-19(15-18-10-4-5-12-21(18)23-22)16-24-13-7-6-11-20(24)14-17-8-2-1-3-9-17/h1-5,8-10,12,15,20H,6-7,11,13-14,16H2,(H,23,25). The van der Waals surface area contributed by atoms with Crippen LogP contribution >= 0.6 is 0 Å². The summed E-state index contributed by atoms with van der Waals surface area (Å²) in [5.74, 6) is 0. The number of hydrogen-bond acceptors (Lipinski definition) is 2. The molecule has 0 aliphatic carbocycles. The zero-order chi connectivity index (χ0) is 17.1. The van der Waals surface area contributed by atoms with Gasteiger partial charge < -0.3 is 4.98 Å². The Labute approximate surface area is 148 Å². The second-order valence-electron chi connectivity index (χ2n) is 7.02. The number of hydrogen-bond donors (Lipinski definition) is 1. The predicted molar refractivity (Wildman–Crippen MR) is 103 cm³/mol. The topological polar surface area (TPSA) is 36.1 Å². The van der Waals surface area contributed by atoms with Gasteiger partial charge >= 0.3 is 0 Å². The van der Waals surface area contributed by atoms with Gasteiger partial charge in [0, 0.05) is 23.7 Å². The van der Waals surface area contributed by atoms with E-state index in [0.717, 1.165) is 36.0 Å². The number of H-pyrrole nitrogens is 1. The van der Waals surface area contributed by atoms with Crippen LogP contribution in [-0.2, 0) is 13.0 Å². The molecular weight excluding hydrogens is 308 g/mol. The third-order valence-corrected chi connectivity index (χ3v) is 5.27. The second-order valence-corrected chi connectivity index (χ2v) is 7.02. The molecule has 3 nitrogen and oxygen atoms in total. The maximum absolute atomic E-state index is 12.5. The Morgan fingerprint density at radius 2 is 1.80 bits per heavy atom. The van der Waals surface area contributed by atoms with Gasteiger partial charge in [-0.1, -0.05) is 55.0 Å². The van der Waals surface area contributed by atoms with Gasteiger partial charge in [0.15, 0.2) is 0 Å². The Bertz CT molecular complexity index is 901. The van der Waals surface area contributed by atoms with Crippen molar-refractivity contribution in [2.45, 2.75) is 38.3 Å². The number of nitrogens with zero attached hydrogens (tertiary/aromatic N) is 1. The highest BCUT2D eigenvalue weighted by atomic mass is 16.1. The molecule has 1 aliphatic rings. The lowest BCUT2D eigenvalue weighted by Crippen LogP contribution is -2.41. The van der Waals surface area contributed by atoms with E-state index >= 15 is 0 Å². The predicted octanol–water partition coefficient (Wildman–Crippen LogP) is 4.13. The van der Waals surface area contributed by atoms with E-state index in [1.165, 1.54) is 24.8 Å². The van der Waals surface area contributed by atoms with Gasteiger partial charge in [0.1, 0.15) is 0 Å². The molecule has 1 unspecified atom stereocenters. The van der Waals surface area contributed by atoms with E-state index in [1.54, 1.807) is 0 Å². The number of aromatic nitrogens is 1. The molecule has 1 N–H and O–H groups in total. The van der Waals surface area contributed by atoms with Crippen LogP contribution in [0.3, 0.4) is 0 Å². The Kier molecular flexibility index (Phi) is 4.66. The highest BCUT2D eigenvalue weighted by Gasteiger charge is 2.23. The zero-order valence-electron chi connectivity index (χ0n) is 14.4. The Balaban J connectivity index is 1.57. The van der Waals surface area contributed by atoms with Crippen molar-refractivity contribution in [3.8, 4) is 0 Å². The number of rotatable bonds is 4. The monoisotopic (exact) mass is 332 g/mol. The molecule has 3 aromatic rings. The van der Waals surface area contributed by atoms with Crippen LogP contribution in [0.2, 0.25) is 0 Å². The summed E-state index contributed by atoms with van der Waals surface area (Å²) in [6, 6.07) is 21.3. The summed E-state index contributed by atoms with van der Waals surface area (Å²) >= 11 is 0. The Hall–Kier alpha value is -2.39. The van der Waals surface area contributed by atoms with Gasteiger partial charge in [-0.2, -0.15) is 0 Å². The van der Waals surface area contributed by atoms with Crippen molar-refractivity contribution < 1.29 is 0 Å². The fraction of sp³-hybridized carbons (Fsp3) is 0.318. The van der Waals surface area contributed by atoms with Crippen molar-refractivity contribution >= 4 is 10.9 Å². The van der Waals surface area contributed by atoms with Crippen LogP contribution in [0.25, 0.3) is 10.9 Å². The summed E-state index contributed by atoms with van der Waals surface area (Å²) in [6.07, 6.45) is 4.77. The number of fused-ring (bicyclic) bond motifs is 1. The maximum Gasteiger partial charge on any atom is 0.252 e. The number of benzene rings is 2. The second kappa shape index (κ2) is 7.24. The van der Waals surface area contributed by atoms with Gasteiger partial charge in [0.05, 0.1) is 0 Å². The molecular formula is C22H24N2O.